The van der Waals surface area contributed by atoms with E-state index in [1.54, 1.807) is 38.4 Å². The number of carbonyl (C=O) groups is 2. The molecule has 1 atom stereocenters. The standard InChI is InChI=1S/C12H16N2O3/c1-4-9(12(16)17-3)11(15)14(2)10-7-5-6-8-13-10/h5-9H,4H2,1-3H3. The first-order valence-corrected chi connectivity index (χ1v) is 5.38. The number of aromatic nitrogens is 1. The van der Waals surface area contributed by atoms with Crippen LogP contribution in [0.25, 0.3) is 0 Å². The fourth-order valence-corrected chi connectivity index (χ4v) is 1.48. The first kappa shape index (κ1) is 13.2. The molecule has 0 fully saturated rings. The Morgan fingerprint density at radius 3 is 2.65 bits per heavy atom. The highest BCUT2D eigenvalue weighted by Crippen LogP contribution is 2.14. The van der Waals surface area contributed by atoms with Crippen molar-refractivity contribution in [1.29, 1.82) is 0 Å². The summed E-state index contributed by atoms with van der Waals surface area (Å²) in [6.45, 7) is 1.77. The predicted molar refractivity (Wildman–Crippen MR) is 63.4 cm³/mol. The van der Waals surface area contributed by atoms with Crippen LogP contribution in [0.15, 0.2) is 24.4 Å². The van der Waals surface area contributed by atoms with E-state index in [0.29, 0.717) is 12.2 Å². The summed E-state index contributed by atoms with van der Waals surface area (Å²) in [6.07, 6.45) is 2.00. The molecule has 1 unspecified atom stereocenters. The lowest BCUT2D eigenvalue weighted by molar-refractivity contribution is -0.149. The zero-order chi connectivity index (χ0) is 12.8. The second kappa shape index (κ2) is 5.98. The first-order chi connectivity index (χ1) is 8.11. The third kappa shape index (κ3) is 3.03. The molecule has 1 aromatic rings. The Hall–Kier alpha value is -1.91. The van der Waals surface area contributed by atoms with E-state index in [1.807, 2.05) is 0 Å². The van der Waals surface area contributed by atoms with Gasteiger partial charge in [-0.15, -0.1) is 0 Å². The molecular weight excluding hydrogens is 220 g/mol. The van der Waals surface area contributed by atoms with Crippen molar-refractivity contribution in [2.75, 3.05) is 19.1 Å². The Bertz CT molecular complexity index is 392. The number of pyridine rings is 1. The van der Waals surface area contributed by atoms with E-state index in [4.69, 9.17) is 0 Å². The predicted octanol–water partition coefficient (Wildman–Crippen LogP) is 1.24. The van der Waals surface area contributed by atoms with Crippen LogP contribution in [-0.2, 0) is 14.3 Å². The number of anilines is 1. The molecule has 0 aliphatic rings. The van der Waals surface area contributed by atoms with Crippen molar-refractivity contribution in [3.8, 4) is 0 Å². The van der Waals surface area contributed by atoms with E-state index in [1.165, 1.54) is 12.0 Å². The summed E-state index contributed by atoms with van der Waals surface area (Å²) in [5, 5.41) is 0. The quantitative estimate of drug-likeness (QED) is 0.583. The largest absolute Gasteiger partial charge is 0.468 e. The molecule has 0 bridgehead atoms. The van der Waals surface area contributed by atoms with Crippen molar-refractivity contribution in [2.45, 2.75) is 13.3 Å². The van der Waals surface area contributed by atoms with E-state index in [0.717, 1.165) is 0 Å². The monoisotopic (exact) mass is 236 g/mol. The summed E-state index contributed by atoms with van der Waals surface area (Å²) in [4.78, 5) is 28.9. The van der Waals surface area contributed by atoms with Gasteiger partial charge in [-0.05, 0) is 18.6 Å². The Morgan fingerprint density at radius 1 is 1.47 bits per heavy atom. The van der Waals surface area contributed by atoms with Crippen LogP contribution in [-0.4, -0.2) is 31.0 Å². The van der Waals surface area contributed by atoms with E-state index >= 15 is 0 Å². The zero-order valence-corrected chi connectivity index (χ0v) is 10.2. The number of amides is 1. The van der Waals surface area contributed by atoms with E-state index in [9.17, 15) is 9.59 Å². The van der Waals surface area contributed by atoms with Gasteiger partial charge in [0.25, 0.3) is 0 Å². The van der Waals surface area contributed by atoms with Crippen LogP contribution in [0, 0.1) is 5.92 Å². The third-order valence-corrected chi connectivity index (χ3v) is 2.52. The van der Waals surface area contributed by atoms with Crippen molar-refractivity contribution in [3.05, 3.63) is 24.4 Å². The zero-order valence-electron chi connectivity index (χ0n) is 10.2. The second-order valence-corrected chi connectivity index (χ2v) is 3.57. The number of rotatable bonds is 4. The summed E-state index contributed by atoms with van der Waals surface area (Å²) < 4.78 is 4.60. The van der Waals surface area contributed by atoms with Gasteiger partial charge in [-0.2, -0.15) is 0 Å². The summed E-state index contributed by atoms with van der Waals surface area (Å²) in [5.74, 6) is -1.08. The Morgan fingerprint density at radius 2 is 2.18 bits per heavy atom. The molecule has 92 valence electrons. The average Bonchev–Trinajstić information content (AvgIpc) is 2.39. The van der Waals surface area contributed by atoms with Gasteiger partial charge in [0.15, 0.2) is 0 Å². The highest BCUT2D eigenvalue weighted by atomic mass is 16.5. The van der Waals surface area contributed by atoms with Crippen molar-refractivity contribution >= 4 is 17.7 Å². The minimum Gasteiger partial charge on any atom is -0.468 e. The van der Waals surface area contributed by atoms with Gasteiger partial charge >= 0.3 is 5.97 Å². The van der Waals surface area contributed by atoms with Gasteiger partial charge in [-0.25, -0.2) is 4.98 Å². The maximum atomic E-state index is 12.1. The molecule has 0 saturated heterocycles. The Labute approximate surface area is 100 Å². The minimum atomic E-state index is -0.771. The fraction of sp³-hybridized carbons (Fsp3) is 0.417. The van der Waals surface area contributed by atoms with Crippen LogP contribution in [0.4, 0.5) is 5.82 Å². The van der Waals surface area contributed by atoms with Crippen molar-refractivity contribution in [3.63, 3.8) is 0 Å². The minimum absolute atomic E-state index is 0.307. The summed E-state index contributed by atoms with van der Waals surface area (Å²) in [6, 6.07) is 5.26. The summed E-state index contributed by atoms with van der Waals surface area (Å²) >= 11 is 0. The number of carbonyl (C=O) groups excluding carboxylic acids is 2. The van der Waals surface area contributed by atoms with Gasteiger partial charge < -0.3 is 4.74 Å². The van der Waals surface area contributed by atoms with Gasteiger partial charge in [-0.1, -0.05) is 13.0 Å². The molecule has 5 heteroatoms. The lowest BCUT2D eigenvalue weighted by Gasteiger charge is -2.20. The number of hydrogen-bond acceptors (Lipinski definition) is 4. The third-order valence-electron chi connectivity index (χ3n) is 2.52. The molecule has 0 radical (unpaired) electrons. The van der Waals surface area contributed by atoms with Gasteiger partial charge in [-0.3, -0.25) is 14.5 Å². The van der Waals surface area contributed by atoms with Crippen molar-refractivity contribution in [2.24, 2.45) is 5.92 Å². The van der Waals surface area contributed by atoms with Gasteiger partial charge in [0.2, 0.25) is 5.91 Å². The number of esters is 1. The highest BCUT2D eigenvalue weighted by Gasteiger charge is 2.29. The van der Waals surface area contributed by atoms with Crippen LogP contribution in [0.2, 0.25) is 0 Å². The number of methoxy groups -OCH3 is 1. The molecule has 0 aromatic carbocycles. The molecule has 0 aliphatic carbocycles. The molecule has 1 amide bonds. The lowest BCUT2D eigenvalue weighted by Crippen LogP contribution is -2.37. The van der Waals surface area contributed by atoms with Crippen LogP contribution in [0.5, 0.6) is 0 Å². The molecule has 1 rings (SSSR count). The molecule has 0 aliphatic heterocycles. The number of ether oxygens (including phenoxy) is 1. The van der Waals surface area contributed by atoms with E-state index in [2.05, 4.69) is 9.72 Å². The topological polar surface area (TPSA) is 59.5 Å². The van der Waals surface area contributed by atoms with Gasteiger partial charge in [0.1, 0.15) is 11.7 Å². The molecule has 17 heavy (non-hydrogen) atoms. The Kier molecular flexibility index (Phi) is 4.63. The average molecular weight is 236 g/mol. The van der Waals surface area contributed by atoms with Crippen molar-refractivity contribution in [1.82, 2.24) is 4.98 Å². The lowest BCUT2D eigenvalue weighted by atomic mass is 10.1. The van der Waals surface area contributed by atoms with E-state index < -0.39 is 11.9 Å². The van der Waals surface area contributed by atoms with Crippen molar-refractivity contribution < 1.29 is 14.3 Å². The molecule has 1 heterocycles. The number of hydrogen-bond donors (Lipinski definition) is 0. The maximum Gasteiger partial charge on any atom is 0.318 e. The van der Waals surface area contributed by atoms with Crippen LogP contribution < -0.4 is 4.90 Å². The maximum absolute atomic E-state index is 12.1. The van der Waals surface area contributed by atoms with E-state index in [-0.39, 0.29) is 5.91 Å². The fourth-order valence-electron chi connectivity index (χ4n) is 1.48. The summed E-state index contributed by atoms with van der Waals surface area (Å²) in [7, 11) is 2.87. The molecule has 1 aromatic heterocycles. The van der Waals surface area contributed by atoms with Gasteiger partial charge in [0.05, 0.1) is 7.11 Å². The molecule has 0 saturated carbocycles. The van der Waals surface area contributed by atoms with Gasteiger partial charge in [0, 0.05) is 13.2 Å². The molecule has 5 nitrogen and oxygen atoms in total. The van der Waals surface area contributed by atoms with Crippen LogP contribution >= 0.6 is 0 Å². The first-order valence-electron chi connectivity index (χ1n) is 5.38. The normalized spacial score (nSPS) is 11.7. The SMILES string of the molecule is CCC(C(=O)OC)C(=O)N(C)c1ccccn1. The van der Waals surface area contributed by atoms with Crippen LogP contribution in [0.1, 0.15) is 13.3 Å². The molecule has 0 spiro atoms. The smallest absolute Gasteiger partial charge is 0.318 e. The highest BCUT2D eigenvalue weighted by molar-refractivity contribution is 6.05. The number of nitrogens with zero attached hydrogens (tertiary/aromatic N) is 2. The molecular formula is C12H16N2O3. The second-order valence-electron chi connectivity index (χ2n) is 3.57. The Balaban J connectivity index is 2.85. The van der Waals surface area contributed by atoms with Crippen LogP contribution in [0.3, 0.4) is 0 Å². The summed E-state index contributed by atoms with van der Waals surface area (Å²) in [5.41, 5.74) is 0. The molecule has 0 N–H and O–H groups in total.